The minimum Gasteiger partial charge on any atom is -0.475 e. The van der Waals surface area contributed by atoms with E-state index in [0.29, 0.717) is 13.0 Å². The van der Waals surface area contributed by atoms with Crippen LogP contribution in [-0.2, 0) is 9.59 Å². The smallest absolute Gasteiger partial charge is 0.475 e. The highest BCUT2D eigenvalue weighted by Gasteiger charge is 2.38. The highest BCUT2D eigenvalue weighted by molar-refractivity contribution is 5.77. The monoisotopic (exact) mass is 424 g/mol. The molecule has 1 aliphatic heterocycles. The normalized spacial score (nSPS) is 14.4. The molecule has 1 N–H and O–H groups in total. The van der Waals surface area contributed by atoms with Crippen molar-refractivity contribution >= 4 is 18.0 Å². The number of piperidine rings is 1. The summed E-state index contributed by atoms with van der Waals surface area (Å²) >= 11 is 0. The lowest BCUT2D eigenvalue weighted by atomic mass is 10.1. The number of hydrogen-bond donors (Lipinski definition) is 1. The van der Waals surface area contributed by atoms with Crippen molar-refractivity contribution in [3.8, 4) is 11.3 Å². The van der Waals surface area contributed by atoms with E-state index in [1.807, 2.05) is 29.2 Å². The molecule has 0 radical (unpaired) electrons. The first-order valence-electron chi connectivity index (χ1n) is 9.13. The lowest BCUT2D eigenvalue weighted by Crippen LogP contribution is -2.35. The fraction of sp³-hybridized carbons (Fsp3) is 0.286. The van der Waals surface area contributed by atoms with Crippen LogP contribution in [0.15, 0.2) is 48.7 Å². The number of amides is 1. The molecule has 5 nitrogen and oxygen atoms in total. The van der Waals surface area contributed by atoms with Gasteiger partial charge in [0.2, 0.25) is 5.91 Å². The topological polar surface area (TPSA) is 70.5 Å². The molecule has 2 aromatic rings. The molecule has 0 aliphatic carbocycles. The predicted octanol–water partition coefficient (Wildman–Crippen LogP) is 4.55. The van der Waals surface area contributed by atoms with E-state index < -0.39 is 12.1 Å². The minimum absolute atomic E-state index is 0.241. The molecule has 0 saturated carbocycles. The lowest BCUT2D eigenvalue weighted by molar-refractivity contribution is -0.192. The SMILES string of the molecule is O=C(O)C(F)(F)F.O=C1CCCCN1CC=Cc1ccc(-c2ccc(F)cc2)nc1. The maximum Gasteiger partial charge on any atom is 0.490 e. The van der Waals surface area contributed by atoms with Crippen LogP contribution in [0.2, 0.25) is 0 Å². The van der Waals surface area contributed by atoms with Crippen LogP contribution in [-0.4, -0.2) is 46.1 Å². The summed E-state index contributed by atoms with van der Waals surface area (Å²) in [6.45, 7) is 1.50. The van der Waals surface area contributed by atoms with E-state index in [0.717, 1.165) is 36.2 Å². The molecule has 2 heterocycles. The van der Waals surface area contributed by atoms with Crippen molar-refractivity contribution in [2.45, 2.75) is 25.4 Å². The third kappa shape index (κ3) is 7.31. The predicted molar refractivity (Wildman–Crippen MR) is 103 cm³/mol. The summed E-state index contributed by atoms with van der Waals surface area (Å²) in [6, 6.07) is 10.2. The number of carboxylic acid groups (broad SMARTS) is 1. The van der Waals surface area contributed by atoms with Crippen LogP contribution in [0.25, 0.3) is 17.3 Å². The fourth-order valence-electron chi connectivity index (χ4n) is 2.67. The second-order valence-electron chi connectivity index (χ2n) is 6.49. The van der Waals surface area contributed by atoms with Gasteiger partial charge in [-0.2, -0.15) is 13.2 Å². The van der Waals surface area contributed by atoms with E-state index >= 15 is 0 Å². The molecule has 1 fully saturated rings. The molecule has 1 aromatic heterocycles. The number of rotatable bonds is 4. The number of carboxylic acids is 1. The largest absolute Gasteiger partial charge is 0.490 e. The second kappa shape index (κ2) is 10.5. The summed E-state index contributed by atoms with van der Waals surface area (Å²) < 4.78 is 44.7. The molecule has 0 spiro atoms. The van der Waals surface area contributed by atoms with Gasteiger partial charge in [-0.1, -0.05) is 18.2 Å². The molecule has 9 heteroatoms. The van der Waals surface area contributed by atoms with E-state index in [4.69, 9.17) is 9.90 Å². The molecular weight excluding hydrogens is 404 g/mol. The molecule has 160 valence electrons. The van der Waals surface area contributed by atoms with Crippen molar-refractivity contribution in [2.75, 3.05) is 13.1 Å². The number of pyridine rings is 1. The number of alkyl halides is 3. The number of hydrogen-bond acceptors (Lipinski definition) is 3. The Morgan fingerprint density at radius 2 is 1.80 bits per heavy atom. The van der Waals surface area contributed by atoms with E-state index in [2.05, 4.69) is 4.98 Å². The van der Waals surface area contributed by atoms with Crippen LogP contribution in [0.4, 0.5) is 17.6 Å². The maximum atomic E-state index is 12.9. The Morgan fingerprint density at radius 1 is 1.13 bits per heavy atom. The Balaban J connectivity index is 0.000000396. The van der Waals surface area contributed by atoms with Gasteiger partial charge in [0.15, 0.2) is 0 Å². The average molecular weight is 424 g/mol. The Bertz CT molecular complexity index is 879. The van der Waals surface area contributed by atoms with Crippen molar-refractivity contribution < 1.29 is 32.3 Å². The number of nitrogens with zero attached hydrogens (tertiary/aromatic N) is 2. The number of carbonyl (C=O) groups excluding carboxylic acids is 1. The van der Waals surface area contributed by atoms with Crippen LogP contribution in [0, 0.1) is 5.82 Å². The lowest BCUT2D eigenvalue weighted by Gasteiger charge is -2.25. The van der Waals surface area contributed by atoms with Gasteiger partial charge in [-0.3, -0.25) is 9.78 Å². The van der Waals surface area contributed by atoms with Crippen molar-refractivity contribution in [3.05, 3.63) is 60.1 Å². The molecule has 1 saturated heterocycles. The van der Waals surface area contributed by atoms with Gasteiger partial charge in [0.1, 0.15) is 5.82 Å². The van der Waals surface area contributed by atoms with Gasteiger partial charge in [0.25, 0.3) is 0 Å². The van der Waals surface area contributed by atoms with Gasteiger partial charge in [-0.05, 0) is 48.7 Å². The fourth-order valence-corrected chi connectivity index (χ4v) is 2.67. The Labute approximate surface area is 170 Å². The van der Waals surface area contributed by atoms with Gasteiger partial charge < -0.3 is 10.0 Å². The average Bonchev–Trinajstić information content (AvgIpc) is 2.70. The zero-order chi connectivity index (χ0) is 22.1. The van der Waals surface area contributed by atoms with Crippen LogP contribution in [0.1, 0.15) is 24.8 Å². The zero-order valence-electron chi connectivity index (χ0n) is 15.9. The molecule has 0 unspecified atom stereocenters. The number of halogens is 4. The summed E-state index contributed by atoms with van der Waals surface area (Å²) in [5, 5.41) is 7.12. The summed E-state index contributed by atoms with van der Waals surface area (Å²) in [5.74, 6) is -2.77. The van der Waals surface area contributed by atoms with Crippen molar-refractivity contribution in [2.24, 2.45) is 0 Å². The van der Waals surface area contributed by atoms with Crippen LogP contribution < -0.4 is 0 Å². The first-order chi connectivity index (χ1) is 14.2. The minimum atomic E-state index is -5.08. The quantitative estimate of drug-likeness (QED) is 0.732. The van der Waals surface area contributed by atoms with Crippen molar-refractivity contribution in [1.82, 2.24) is 9.88 Å². The third-order valence-corrected chi connectivity index (χ3v) is 4.23. The number of likely N-dealkylation sites (tertiary alicyclic amines) is 1. The highest BCUT2D eigenvalue weighted by Crippen LogP contribution is 2.18. The van der Waals surface area contributed by atoms with E-state index in [1.165, 1.54) is 12.1 Å². The Kier molecular flexibility index (Phi) is 8.08. The standard InChI is InChI=1S/C19H19FN2O.C2HF3O2/c20-17-9-7-16(8-10-17)18-11-6-15(14-21-18)4-3-13-22-12-2-1-5-19(22)23;3-2(4,5)1(6)7/h3-4,6-11,14H,1-2,5,12-13H2;(H,6,7). The van der Waals surface area contributed by atoms with E-state index in [9.17, 15) is 22.4 Å². The maximum absolute atomic E-state index is 12.9. The first-order valence-corrected chi connectivity index (χ1v) is 9.13. The molecule has 3 rings (SSSR count). The van der Waals surface area contributed by atoms with Gasteiger partial charge in [0, 0.05) is 31.3 Å². The number of carbonyl (C=O) groups is 2. The summed E-state index contributed by atoms with van der Waals surface area (Å²) in [6.07, 6.45) is 3.44. The Hall–Kier alpha value is -3.23. The third-order valence-electron chi connectivity index (χ3n) is 4.23. The number of aliphatic carboxylic acids is 1. The molecular formula is C21H20F4N2O3. The van der Waals surface area contributed by atoms with E-state index in [1.54, 1.807) is 18.3 Å². The summed E-state index contributed by atoms with van der Waals surface area (Å²) in [5.41, 5.74) is 2.69. The first kappa shape index (κ1) is 23.1. The highest BCUT2D eigenvalue weighted by atomic mass is 19.4. The molecule has 1 amide bonds. The molecule has 1 aliphatic rings. The van der Waals surface area contributed by atoms with Gasteiger partial charge >= 0.3 is 12.1 Å². The van der Waals surface area contributed by atoms with Gasteiger partial charge in [0.05, 0.1) is 5.69 Å². The molecule has 0 atom stereocenters. The van der Waals surface area contributed by atoms with Crippen LogP contribution in [0.3, 0.4) is 0 Å². The van der Waals surface area contributed by atoms with Gasteiger partial charge in [-0.15, -0.1) is 0 Å². The molecule has 0 bridgehead atoms. The summed E-state index contributed by atoms with van der Waals surface area (Å²) in [7, 11) is 0. The zero-order valence-corrected chi connectivity index (χ0v) is 15.9. The van der Waals surface area contributed by atoms with Crippen molar-refractivity contribution in [1.29, 1.82) is 0 Å². The number of benzene rings is 1. The van der Waals surface area contributed by atoms with Crippen molar-refractivity contribution in [3.63, 3.8) is 0 Å². The number of aromatic nitrogens is 1. The molecule has 1 aromatic carbocycles. The van der Waals surface area contributed by atoms with E-state index in [-0.39, 0.29) is 11.7 Å². The van der Waals surface area contributed by atoms with Crippen LogP contribution in [0.5, 0.6) is 0 Å². The Morgan fingerprint density at radius 3 is 2.33 bits per heavy atom. The van der Waals surface area contributed by atoms with Gasteiger partial charge in [-0.25, -0.2) is 9.18 Å². The molecule has 30 heavy (non-hydrogen) atoms. The van der Waals surface area contributed by atoms with Crippen LogP contribution >= 0.6 is 0 Å². The summed E-state index contributed by atoms with van der Waals surface area (Å²) in [4.78, 5) is 26.9. The second-order valence-corrected chi connectivity index (χ2v) is 6.49.